The maximum Gasteiger partial charge on any atom is 0.132 e. The largest absolute Gasteiger partial charge is 0.309 e. The Balaban J connectivity index is 2.66. The number of aryl methyl sites for hydroxylation is 2. The van der Waals surface area contributed by atoms with Crippen LogP contribution in [0, 0.1) is 31.3 Å². The highest BCUT2D eigenvalue weighted by Gasteiger charge is 2.24. The van der Waals surface area contributed by atoms with E-state index in [0.29, 0.717) is 21.2 Å². The zero-order valence-corrected chi connectivity index (χ0v) is 13.5. The first kappa shape index (κ1) is 16.0. The predicted molar refractivity (Wildman–Crippen MR) is 80.8 cm³/mol. The average Bonchev–Trinajstić information content (AvgIpc) is 2.34. The van der Waals surface area contributed by atoms with E-state index in [9.17, 15) is 13.2 Å². The van der Waals surface area contributed by atoms with Gasteiger partial charge in [0.25, 0.3) is 0 Å². The number of hydrogen-bond acceptors (Lipinski definition) is 1. The molecule has 1 unspecified atom stereocenters. The lowest BCUT2D eigenvalue weighted by Gasteiger charge is -2.23. The Morgan fingerprint density at radius 3 is 1.81 bits per heavy atom. The molecule has 2 rings (SSSR count). The molecule has 0 aliphatic heterocycles. The van der Waals surface area contributed by atoms with E-state index in [1.165, 1.54) is 24.3 Å². The predicted octanol–water partition coefficient (Wildman–Crippen LogP) is 4.79. The SMILES string of the molecule is CNC(c1c(C)cc(F)cc1C)c1c(F)cc(Br)cc1F. The highest BCUT2D eigenvalue weighted by atomic mass is 79.9. The van der Waals surface area contributed by atoms with Crippen molar-refractivity contribution in [1.29, 1.82) is 0 Å². The summed E-state index contributed by atoms with van der Waals surface area (Å²) in [5.74, 6) is -1.66. The Morgan fingerprint density at radius 1 is 0.905 bits per heavy atom. The minimum Gasteiger partial charge on any atom is -0.309 e. The molecule has 21 heavy (non-hydrogen) atoms. The van der Waals surface area contributed by atoms with Gasteiger partial charge < -0.3 is 5.32 Å². The van der Waals surface area contributed by atoms with Crippen molar-refractivity contribution in [2.24, 2.45) is 0 Å². The molecule has 0 saturated heterocycles. The van der Waals surface area contributed by atoms with Crippen molar-refractivity contribution in [2.75, 3.05) is 7.05 Å². The van der Waals surface area contributed by atoms with Gasteiger partial charge in [-0.15, -0.1) is 0 Å². The molecule has 0 saturated carbocycles. The van der Waals surface area contributed by atoms with Crippen LogP contribution in [0.2, 0.25) is 0 Å². The minimum atomic E-state index is -0.682. The van der Waals surface area contributed by atoms with Gasteiger partial charge in [0, 0.05) is 10.0 Å². The molecule has 0 bridgehead atoms. The molecular weight excluding hydrogens is 343 g/mol. The fraction of sp³-hybridized carbons (Fsp3) is 0.250. The van der Waals surface area contributed by atoms with Gasteiger partial charge in [-0.3, -0.25) is 0 Å². The van der Waals surface area contributed by atoms with Gasteiger partial charge in [-0.05, 0) is 61.9 Å². The Hall–Kier alpha value is -1.33. The smallest absolute Gasteiger partial charge is 0.132 e. The summed E-state index contributed by atoms with van der Waals surface area (Å²) in [6.07, 6.45) is 0. The third-order valence-corrected chi connectivity index (χ3v) is 3.93. The summed E-state index contributed by atoms with van der Waals surface area (Å²) in [7, 11) is 1.62. The molecule has 1 N–H and O–H groups in total. The van der Waals surface area contributed by atoms with E-state index in [-0.39, 0.29) is 11.4 Å². The molecule has 2 aromatic carbocycles. The fourth-order valence-electron chi connectivity index (χ4n) is 2.64. The molecule has 0 amide bonds. The van der Waals surface area contributed by atoms with E-state index in [0.717, 1.165) is 0 Å². The molecule has 0 spiro atoms. The number of benzene rings is 2. The monoisotopic (exact) mass is 357 g/mol. The maximum absolute atomic E-state index is 14.2. The molecule has 0 radical (unpaired) electrons. The summed E-state index contributed by atoms with van der Waals surface area (Å²) < 4.78 is 42.1. The van der Waals surface area contributed by atoms with Crippen LogP contribution in [0.15, 0.2) is 28.7 Å². The second-order valence-electron chi connectivity index (χ2n) is 4.96. The van der Waals surface area contributed by atoms with Crippen LogP contribution in [0.3, 0.4) is 0 Å². The normalized spacial score (nSPS) is 12.5. The lowest BCUT2D eigenvalue weighted by molar-refractivity contribution is 0.518. The third-order valence-electron chi connectivity index (χ3n) is 3.47. The van der Waals surface area contributed by atoms with E-state index in [2.05, 4.69) is 21.2 Å². The van der Waals surface area contributed by atoms with Gasteiger partial charge in [0.05, 0.1) is 6.04 Å². The average molecular weight is 358 g/mol. The lowest BCUT2D eigenvalue weighted by atomic mass is 9.90. The molecule has 1 atom stereocenters. The number of nitrogens with one attached hydrogen (secondary N) is 1. The summed E-state index contributed by atoms with van der Waals surface area (Å²) in [4.78, 5) is 0. The van der Waals surface area contributed by atoms with Gasteiger partial charge in [0.15, 0.2) is 0 Å². The summed E-state index contributed by atoms with van der Waals surface area (Å²) in [5.41, 5.74) is 1.90. The Morgan fingerprint density at radius 2 is 1.38 bits per heavy atom. The van der Waals surface area contributed by atoms with E-state index in [1.807, 2.05) is 0 Å². The quantitative estimate of drug-likeness (QED) is 0.832. The van der Waals surface area contributed by atoms with Crippen LogP contribution in [-0.4, -0.2) is 7.05 Å². The second-order valence-corrected chi connectivity index (χ2v) is 5.87. The summed E-state index contributed by atoms with van der Waals surface area (Å²) in [6.45, 7) is 3.45. The van der Waals surface area contributed by atoms with E-state index >= 15 is 0 Å². The van der Waals surface area contributed by atoms with Crippen LogP contribution in [0.25, 0.3) is 0 Å². The van der Waals surface area contributed by atoms with Crippen molar-refractivity contribution in [3.05, 3.63) is 68.4 Å². The molecule has 0 aliphatic carbocycles. The molecule has 5 heteroatoms. The molecule has 112 valence electrons. The Kier molecular flexibility index (Phi) is 4.74. The van der Waals surface area contributed by atoms with E-state index in [4.69, 9.17) is 0 Å². The summed E-state index contributed by atoms with van der Waals surface area (Å²) >= 11 is 3.06. The highest BCUT2D eigenvalue weighted by Crippen LogP contribution is 2.32. The van der Waals surface area contributed by atoms with E-state index < -0.39 is 17.7 Å². The van der Waals surface area contributed by atoms with Gasteiger partial charge in [-0.1, -0.05) is 15.9 Å². The number of rotatable bonds is 3. The first-order valence-corrected chi connectivity index (χ1v) is 7.22. The van der Waals surface area contributed by atoms with Gasteiger partial charge in [0.1, 0.15) is 17.5 Å². The van der Waals surface area contributed by atoms with Crippen molar-refractivity contribution >= 4 is 15.9 Å². The fourth-order valence-corrected chi connectivity index (χ4v) is 3.04. The van der Waals surface area contributed by atoms with Crippen molar-refractivity contribution < 1.29 is 13.2 Å². The maximum atomic E-state index is 14.2. The van der Waals surface area contributed by atoms with Crippen LogP contribution in [0.4, 0.5) is 13.2 Å². The number of halogens is 4. The van der Waals surface area contributed by atoms with Crippen molar-refractivity contribution in [2.45, 2.75) is 19.9 Å². The Labute approximate surface area is 130 Å². The third kappa shape index (κ3) is 3.14. The van der Waals surface area contributed by atoms with Crippen LogP contribution >= 0.6 is 15.9 Å². The molecule has 1 nitrogen and oxygen atoms in total. The molecule has 0 heterocycles. The van der Waals surface area contributed by atoms with Gasteiger partial charge >= 0.3 is 0 Å². The molecule has 0 aliphatic rings. The van der Waals surface area contributed by atoms with Crippen LogP contribution in [0.1, 0.15) is 28.3 Å². The van der Waals surface area contributed by atoms with Crippen LogP contribution < -0.4 is 5.32 Å². The molecule has 0 fully saturated rings. The zero-order valence-electron chi connectivity index (χ0n) is 11.9. The summed E-state index contributed by atoms with van der Waals surface area (Å²) in [5, 5.41) is 2.92. The standard InChI is InChI=1S/C16H15BrF3N/c1-8-4-11(18)5-9(2)14(8)16(21-3)15-12(19)6-10(17)7-13(15)20/h4-7,16,21H,1-3H3. The van der Waals surface area contributed by atoms with Crippen molar-refractivity contribution in [1.82, 2.24) is 5.32 Å². The Bertz CT molecular complexity index is 582. The van der Waals surface area contributed by atoms with Gasteiger partial charge in [-0.2, -0.15) is 0 Å². The van der Waals surface area contributed by atoms with Crippen LogP contribution in [-0.2, 0) is 0 Å². The topological polar surface area (TPSA) is 12.0 Å². The zero-order chi connectivity index (χ0) is 15.7. The first-order valence-electron chi connectivity index (χ1n) is 6.43. The van der Waals surface area contributed by atoms with E-state index in [1.54, 1.807) is 20.9 Å². The molecular formula is C16H15BrF3N. The molecule has 0 aromatic heterocycles. The summed E-state index contributed by atoms with van der Waals surface area (Å²) in [6, 6.07) is 4.48. The number of hydrogen-bond donors (Lipinski definition) is 1. The first-order chi connectivity index (χ1) is 9.85. The van der Waals surface area contributed by atoms with Crippen molar-refractivity contribution in [3.8, 4) is 0 Å². The van der Waals surface area contributed by atoms with Gasteiger partial charge in [-0.25, -0.2) is 13.2 Å². The van der Waals surface area contributed by atoms with Crippen molar-refractivity contribution in [3.63, 3.8) is 0 Å². The van der Waals surface area contributed by atoms with Crippen LogP contribution in [0.5, 0.6) is 0 Å². The van der Waals surface area contributed by atoms with Gasteiger partial charge in [0.2, 0.25) is 0 Å². The second kappa shape index (κ2) is 6.20. The lowest BCUT2D eigenvalue weighted by Crippen LogP contribution is -2.22. The minimum absolute atomic E-state index is 0.0708. The molecule has 2 aromatic rings. The highest BCUT2D eigenvalue weighted by molar-refractivity contribution is 9.10.